The Bertz CT molecular complexity index is 907. The highest BCUT2D eigenvalue weighted by atomic mass is 16.6. The van der Waals surface area contributed by atoms with Crippen LogP contribution in [0.2, 0.25) is 0 Å². The predicted octanol–water partition coefficient (Wildman–Crippen LogP) is 2.82. The Hall–Kier alpha value is -2.60. The highest BCUT2D eigenvalue weighted by Crippen LogP contribution is 2.54. The molecule has 0 saturated carbocycles. The Balaban J connectivity index is 1.70. The van der Waals surface area contributed by atoms with Gasteiger partial charge < -0.3 is 19.2 Å². The molecule has 1 amide bonds. The monoisotopic (exact) mass is 369 g/mol. The maximum absolute atomic E-state index is 12.3. The molecule has 4 rings (SSSR count). The third-order valence-corrected chi connectivity index (χ3v) is 6.39. The molecule has 0 bridgehead atoms. The Morgan fingerprint density at radius 1 is 1.44 bits per heavy atom. The molecule has 1 aromatic rings. The summed E-state index contributed by atoms with van der Waals surface area (Å²) in [5.41, 5.74) is 3.30. The first-order valence-corrected chi connectivity index (χ1v) is 9.09. The van der Waals surface area contributed by atoms with Crippen LogP contribution in [0.3, 0.4) is 0 Å². The predicted molar refractivity (Wildman–Crippen MR) is 97.4 cm³/mol. The Morgan fingerprint density at radius 2 is 2.19 bits per heavy atom. The summed E-state index contributed by atoms with van der Waals surface area (Å²) in [5, 5.41) is 10.6. The third-order valence-electron chi connectivity index (χ3n) is 6.39. The topological polar surface area (TPSA) is 80.0 Å². The highest BCUT2D eigenvalue weighted by Gasteiger charge is 2.50. The van der Waals surface area contributed by atoms with Gasteiger partial charge in [-0.15, -0.1) is 0 Å². The van der Waals surface area contributed by atoms with Crippen LogP contribution in [0.15, 0.2) is 57.4 Å². The van der Waals surface area contributed by atoms with Gasteiger partial charge in [-0.05, 0) is 48.8 Å². The molecule has 1 aromatic heterocycles. The van der Waals surface area contributed by atoms with Gasteiger partial charge in [0.1, 0.15) is 12.2 Å². The van der Waals surface area contributed by atoms with Crippen LogP contribution in [-0.2, 0) is 9.53 Å². The van der Waals surface area contributed by atoms with Crippen LogP contribution < -0.4 is 0 Å². The number of carbonyl (C=O) groups excluding carboxylic acids is 2. The number of furan rings is 1. The van der Waals surface area contributed by atoms with Crippen molar-refractivity contribution in [2.45, 2.75) is 39.4 Å². The number of allylic oxidation sites excluding steroid dienone is 3. The van der Waals surface area contributed by atoms with Gasteiger partial charge in [-0.1, -0.05) is 13.8 Å². The van der Waals surface area contributed by atoms with Gasteiger partial charge in [-0.25, -0.2) is 4.79 Å². The molecule has 0 fully saturated rings. The molecule has 0 unspecified atom stereocenters. The number of carbonyl (C=O) groups is 2. The smallest absolute Gasteiger partial charge is 0.374 e. The van der Waals surface area contributed by atoms with Gasteiger partial charge in [0.2, 0.25) is 5.76 Å². The SMILES string of the molecule is CC1=C2C[C@@]3(C)C(=C[C@@H](O)[C@H](OC(=O)c4ccco4)[C@@H]3C)C=C2N(C)C1=O. The molecule has 27 heavy (non-hydrogen) atoms. The lowest BCUT2D eigenvalue weighted by molar-refractivity contribution is -0.123. The van der Waals surface area contributed by atoms with Crippen molar-refractivity contribution in [2.75, 3.05) is 7.05 Å². The van der Waals surface area contributed by atoms with Gasteiger partial charge in [0.25, 0.3) is 5.91 Å². The number of nitrogens with zero attached hydrogens (tertiary/aromatic N) is 1. The van der Waals surface area contributed by atoms with Gasteiger partial charge in [0, 0.05) is 29.7 Å². The molecule has 3 aliphatic rings. The normalized spacial score (nSPS) is 32.7. The molecule has 1 N–H and O–H groups in total. The summed E-state index contributed by atoms with van der Waals surface area (Å²) in [6.07, 6.45) is 4.19. The quantitative estimate of drug-likeness (QED) is 0.811. The molecule has 6 heteroatoms. The summed E-state index contributed by atoms with van der Waals surface area (Å²) >= 11 is 0. The van der Waals surface area contributed by atoms with E-state index in [-0.39, 0.29) is 23.0 Å². The summed E-state index contributed by atoms with van der Waals surface area (Å²) in [6.45, 7) is 5.93. The highest BCUT2D eigenvalue weighted by molar-refractivity contribution is 6.00. The summed E-state index contributed by atoms with van der Waals surface area (Å²) < 4.78 is 10.7. The first-order valence-electron chi connectivity index (χ1n) is 9.09. The van der Waals surface area contributed by atoms with Crippen LogP contribution in [0.25, 0.3) is 0 Å². The lowest BCUT2D eigenvalue weighted by Gasteiger charge is -2.48. The van der Waals surface area contributed by atoms with E-state index in [0.717, 1.165) is 22.4 Å². The van der Waals surface area contributed by atoms with Gasteiger partial charge in [0.15, 0.2) is 0 Å². The molecule has 0 aromatic carbocycles. The number of rotatable bonds is 2. The van der Waals surface area contributed by atoms with Crippen molar-refractivity contribution in [2.24, 2.45) is 11.3 Å². The van der Waals surface area contributed by atoms with Crippen LogP contribution in [0, 0.1) is 11.3 Å². The second-order valence-corrected chi connectivity index (χ2v) is 7.84. The van der Waals surface area contributed by atoms with Crippen molar-refractivity contribution >= 4 is 11.9 Å². The number of fused-ring (bicyclic) bond motifs is 2. The van der Waals surface area contributed by atoms with Crippen molar-refractivity contribution in [1.29, 1.82) is 0 Å². The van der Waals surface area contributed by atoms with Gasteiger partial charge >= 0.3 is 5.97 Å². The third kappa shape index (κ3) is 2.51. The lowest BCUT2D eigenvalue weighted by atomic mass is 9.59. The standard InChI is InChI=1S/C21H23NO5/c1-11-14-10-21(3)12(2)18(27-20(25)17-6-5-7-26-17)16(23)9-13(21)8-15(14)22(4)19(11)24/h5-9,12,16,18,23H,10H2,1-4H3/t12-,16+,18+,21+/m0/s1. The first kappa shape index (κ1) is 17.8. The molecule has 0 spiro atoms. The van der Waals surface area contributed by atoms with Crippen LogP contribution in [0.1, 0.15) is 37.7 Å². The minimum atomic E-state index is -0.923. The second kappa shape index (κ2) is 5.96. The Morgan fingerprint density at radius 3 is 2.85 bits per heavy atom. The minimum Gasteiger partial charge on any atom is -0.457 e. The van der Waals surface area contributed by atoms with E-state index in [4.69, 9.17) is 9.15 Å². The van der Waals surface area contributed by atoms with E-state index in [9.17, 15) is 14.7 Å². The number of aliphatic hydroxyl groups is 1. The van der Waals surface area contributed by atoms with E-state index >= 15 is 0 Å². The fraction of sp³-hybridized carbons (Fsp3) is 0.429. The molecule has 4 atom stereocenters. The van der Waals surface area contributed by atoms with Crippen LogP contribution in [0.4, 0.5) is 0 Å². The summed E-state index contributed by atoms with van der Waals surface area (Å²) in [7, 11) is 1.77. The first-order chi connectivity index (χ1) is 12.7. The molecule has 2 aliphatic carbocycles. The lowest BCUT2D eigenvalue weighted by Crippen LogP contribution is -2.49. The number of hydrogen-bond donors (Lipinski definition) is 1. The summed E-state index contributed by atoms with van der Waals surface area (Å²) in [4.78, 5) is 26.3. The Labute approximate surface area is 157 Å². The fourth-order valence-corrected chi connectivity index (χ4v) is 4.42. The molecular formula is C21H23NO5. The summed E-state index contributed by atoms with van der Waals surface area (Å²) in [6, 6.07) is 3.15. The zero-order valence-corrected chi connectivity index (χ0v) is 15.9. The van der Waals surface area contributed by atoms with Gasteiger partial charge in [-0.3, -0.25) is 4.79 Å². The maximum Gasteiger partial charge on any atom is 0.374 e. The largest absolute Gasteiger partial charge is 0.457 e. The number of hydrogen-bond acceptors (Lipinski definition) is 5. The van der Waals surface area contributed by atoms with Crippen molar-refractivity contribution in [3.8, 4) is 0 Å². The van der Waals surface area contributed by atoms with Gasteiger partial charge in [0.05, 0.1) is 6.26 Å². The van der Waals surface area contributed by atoms with Crippen molar-refractivity contribution in [3.05, 3.63) is 58.7 Å². The average Bonchev–Trinajstić information content (AvgIpc) is 3.24. The average molecular weight is 369 g/mol. The van der Waals surface area contributed by atoms with E-state index in [1.54, 1.807) is 24.1 Å². The van der Waals surface area contributed by atoms with Gasteiger partial charge in [-0.2, -0.15) is 0 Å². The fourth-order valence-electron chi connectivity index (χ4n) is 4.42. The molecule has 0 saturated heterocycles. The molecule has 2 heterocycles. The number of likely N-dealkylation sites (N-methyl/N-ethyl adjacent to an activating group) is 1. The second-order valence-electron chi connectivity index (χ2n) is 7.84. The van der Waals surface area contributed by atoms with E-state index < -0.39 is 18.2 Å². The minimum absolute atomic E-state index is 0.00750. The molecule has 1 aliphatic heterocycles. The van der Waals surface area contributed by atoms with E-state index in [1.165, 1.54) is 12.3 Å². The Kier molecular flexibility index (Phi) is 3.93. The molecule has 142 valence electrons. The van der Waals surface area contributed by atoms with Crippen molar-refractivity contribution in [3.63, 3.8) is 0 Å². The number of amides is 1. The molecular weight excluding hydrogens is 346 g/mol. The van der Waals surface area contributed by atoms with Crippen molar-refractivity contribution < 1.29 is 23.8 Å². The van der Waals surface area contributed by atoms with Crippen LogP contribution >= 0.6 is 0 Å². The van der Waals surface area contributed by atoms with E-state index in [2.05, 4.69) is 6.92 Å². The summed E-state index contributed by atoms with van der Waals surface area (Å²) in [5.74, 6) is -0.616. The zero-order chi connectivity index (χ0) is 19.5. The van der Waals surface area contributed by atoms with E-state index in [0.29, 0.717) is 6.42 Å². The number of ether oxygens (including phenoxy) is 1. The zero-order valence-electron chi connectivity index (χ0n) is 15.9. The van der Waals surface area contributed by atoms with Crippen LogP contribution in [0.5, 0.6) is 0 Å². The van der Waals surface area contributed by atoms with Crippen molar-refractivity contribution in [1.82, 2.24) is 4.90 Å². The maximum atomic E-state index is 12.3. The van der Waals surface area contributed by atoms with Crippen LogP contribution in [-0.4, -0.2) is 41.1 Å². The molecule has 0 radical (unpaired) electrons. The molecule has 6 nitrogen and oxygen atoms in total. The number of esters is 1. The van der Waals surface area contributed by atoms with E-state index in [1.807, 2.05) is 19.9 Å². The number of aliphatic hydroxyl groups excluding tert-OH is 1.